The molecular formula is C3H8N2O4S. The van der Waals surface area contributed by atoms with Gasteiger partial charge in [0.05, 0.1) is 6.07 Å². The van der Waals surface area contributed by atoms with E-state index in [1.807, 2.05) is 6.07 Å². The van der Waals surface area contributed by atoms with Crippen LogP contribution >= 0.6 is 0 Å². The molecule has 7 heteroatoms. The Labute approximate surface area is 58.8 Å². The van der Waals surface area contributed by atoms with E-state index in [-0.39, 0.29) is 0 Å². The van der Waals surface area contributed by atoms with E-state index >= 15 is 0 Å². The Balaban J connectivity index is 0. The van der Waals surface area contributed by atoms with Crippen molar-refractivity contribution in [3.05, 3.63) is 0 Å². The largest absolute Gasteiger partial charge is 0.394 e. The maximum atomic E-state index is 8.74. The van der Waals surface area contributed by atoms with Crippen LogP contribution in [-0.2, 0) is 10.4 Å². The van der Waals surface area contributed by atoms with E-state index in [0.29, 0.717) is 13.0 Å². The van der Waals surface area contributed by atoms with Gasteiger partial charge in [-0.2, -0.15) is 13.7 Å². The molecule has 6 nitrogen and oxygen atoms in total. The average molecular weight is 168 g/mol. The molecule has 0 aromatic carbocycles. The highest BCUT2D eigenvalue weighted by molar-refractivity contribution is 7.79. The van der Waals surface area contributed by atoms with E-state index in [9.17, 15) is 0 Å². The molecule has 4 N–H and O–H groups in total. The van der Waals surface area contributed by atoms with Gasteiger partial charge in [0.15, 0.2) is 0 Å². The van der Waals surface area contributed by atoms with Gasteiger partial charge in [0.1, 0.15) is 0 Å². The monoisotopic (exact) mass is 168 g/mol. The van der Waals surface area contributed by atoms with Crippen molar-refractivity contribution in [2.45, 2.75) is 6.42 Å². The molecule has 60 valence electrons. The molecular weight excluding hydrogens is 160 g/mol. The summed E-state index contributed by atoms with van der Waals surface area (Å²) in [6, 6.07) is 1.89. The fourth-order valence-corrected chi connectivity index (χ4v) is 0.0645. The highest BCUT2D eigenvalue weighted by atomic mass is 32.3. The van der Waals surface area contributed by atoms with Gasteiger partial charge in [0, 0.05) is 13.0 Å². The minimum atomic E-state index is -4.67. The van der Waals surface area contributed by atoms with Gasteiger partial charge in [0.25, 0.3) is 0 Å². The van der Waals surface area contributed by atoms with Gasteiger partial charge < -0.3 is 5.73 Å². The second kappa shape index (κ2) is 6.44. The van der Waals surface area contributed by atoms with E-state index in [2.05, 4.69) is 0 Å². The van der Waals surface area contributed by atoms with Gasteiger partial charge in [-0.1, -0.05) is 0 Å². The predicted molar refractivity (Wildman–Crippen MR) is 33.5 cm³/mol. The Hall–Kier alpha value is -0.680. The average Bonchev–Trinajstić information content (AvgIpc) is 1.63. The molecule has 0 spiro atoms. The van der Waals surface area contributed by atoms with Crippen molar-refractivity contribution in [1.29, 1.82) is 5.26 Å². The number of nitrogens with zero attached hydrogens (tertiary/aromatic N) is 1. The number of hydrogen-bond acceptors (Lipinski definition) is 4. The SMILES string of the molecule is N#CCCN.O=S(=O)(O)O. The summed E-state index contributed by atoms with van der Waals surface area (Å²) >= 11 is 0. The standard InChI is InChI=1S/C3H6N2.H2O4S/c4-2-1-3-5;1-5(2,3)4/h1-2,4H2;(H2,1,2,3,4). The Morgan fingerprint density at radius 1 is 1.50 bits per heavy atom. The lowest BCUT2D eigenvalue weighted by Crippen LogP contribution is -1.94. The molecule has 0 fully saturated rings. The summed E-state index contributed by atoms with van der Waals surface area (Å²) in [5, 5.41) is 7.74. The first kappa shape index (κ1) is 12.0. The summed E-state index contributed by atoms with van der Waals surface area (Å²) in [5.41, 5.74) is 4.92. The van der Waals surface area contributed by atoms with E-state index in [1.54, 1.807) is 0 Å². The molecule has 0 unspecified atom stereocenters. The Kier molecular flexibility index (Phi) is 7.75. The Morgan fingerprint density at radius 2 is 1.80 bits per heavy atom. The van der Waals surface area contributed by atoms with Crippen LogP contribution in [0.15, 0.2) is 0 Å². The summed E-state index contributed by atoms with van der Waals surface area (Å²) in [6.07, 6.45) is 0.472. The van der Waals surface area contributed by atoms with Gasteiger partial charge in [0.2, 0.25) is 0 Å². The molecule has 0 aliphatic carbocycles. The number of nitriles is 1. The summed E-state index contributed by atoms with van der Waals surface area (Å²) < 4.78 is 31.6. The topological polar surface area (TPSA) is 124 Å². The third-order valence-electron chi connectivity index (χ3n) is 0.256. The fraction of sp³-hybridized carbons (Fsp3) is 0.667. The Morgan fingerprint density at radius 3 is 1.80 bits per heavy atom. The van der Waals surface area contributed by atoms with Crippen LogP contribution in [0.5, 0.6) is 0 Å². The predicted octanol–water partition coefficient (Wildman–Crippen LogP) is -0.794. The summed E-state index contributed by atoms with van der Waals surface area (Å²) in [6.45, 7) is 0.483. The lowest BCUT2D eigenvalue weighted by atomic mass is 10.5. The number of rotatable bonds is 1. The quantitative estimate of drug-likeness (QED) is 0.440. The maximum Gasteiger partial charge on any atom is 0.394 e. The van der Waals surface area contributed by atoms with Crippen LogP contribution in [0, 0.1) is 11.3 Å². The molecule has 0 aliphatic rings. The zero-order chi connectivity index (χ0) is 8.62. The van der Waals surface area contributed by atoms with E-state index < -0.39 is 10.4 Å². The van der Waals surface area contributed by atoms with Gasteiger partial charge in [-0.3, -0.25) is 9.11 Å². The van der Waals surface area contributed by atoms with Gasteiger partial charge in [-0.05, 0) is 0 Å². The van der Waals surface area contributed by atoms with Crippen molar-refractivity contribution in [2.24, 2.45) is 5.73 Å². The molecule has 10 heavy (non-hydrogen) atoms. The molecule has 0 bridgehead atoms. The maximum absolute atomic E-state index is 8.74. The first-order valence-electron chi connectivity index (χ1n) is 2.18. The third-order valence-corrected chi connectivity index (χ3v) is 0.256. The van der Waals surface area contributed by atoms with Gasteiger partial charge in [-0.25, -0.2) is 0 Å². The third kappa shape index (κ3) is 168. The molecule has 0 heterocycles. The highest BCUT2D eigenvalue weighted by Crippen LogP contribution is 1.59. The second-order valence-corrected chi connectivity index (χ2v) is 2.04. The molecule has 0 saturated carbocycles. The van der Waals surface area contributed by atoms with Crippen molar-refractivity contribution in [3.8, 4) is 6.07 Å². The fourth-order valence-electron chi connectivity index (χ4n) is 0.0645. The van der Waals surface area contributed by atoms with E-state index in [1.165, 1.54) is 0 Å². The van der Waals surface area contributed by atoms with Crippen LogP contribution in [0.25, 0.3) is 0 Å². The first-order valence-corrected chi connectivity index (χ1v) is 3.58. The normalized spacial score (nSPS) is 9.00. The van der Waals surface area contributed by atoms with Crippen LogP contribution in [0.4, 0.5) is 0 Å². The van der Waals surface area contributed by atoms with Crippen LogP contribution < -0.4 is 5.73 Å². The van der Waals surface area contributed by atoms with Crippen molar-refractivity contribution in [2.75, 3.05) is 6.54 Å². The van der Waals surface area contributed by atoms with Crippen LogP contribution in [-0.4, -0.2) is 24.1 Å². The molecule has 0 aromatic rings. The van der Waals surface area contributed by atoms with Crippen LogP contribution in [0.1, 0.15) is 6.42 Å². The van der Waals surface area contributed by atoms with E-state index in [0.717, 1.165) is 0 Å². The first-order chi connectivity index (χ1) is 4.41. The van der Waals surface area contributed by atoms with Crippen molar-refractivity contribution in [1.82, 2.24) is 0 Å². The summed E-state index contributed by atoms with van der Waals surface area (Å²) in [7, 11) is -4.67. The molecule has 0 atom stereocenters. The summed E-state index contributed by atoms with van der Waals surface area (Å²) in [4.78, 5) is 0. The number of nitrogens with two attached hydrogens (primary N) is 1. The van der Waals surface area contributed by atoms with Crippen LogP contribution in [0.3, 0.4) is 0 Å². The molecule has 0 radical (unpaired) electrons. The van der Waals surface area contributed by atoms with Crippen molar-refractivity contribution < 1.29 is 17.5 Å². The molecule has 0 aliphatic heterocycles. The van der Waals surface area contributed by atoms with Crippen molar-refractivity contribution >= 4 is 10.4 Å². The number of hydrogen-bond donors (Lipinski definition) is 3. The minimum absolute atomic E-state index is 0.472. The van der Waals surface area contributed by atoms with Gasteiger partial charge in [-0.15, -0.1) is 0 Å². The Bertz CT molecular complexity index is 183. The van der Waals surface area contributed by atoms with E-state index in [4.69, 9.17) is 28.5 Å². The molecule has 0 rings (SSSR count). The molecule has 0 saturated heterocycles. The minimum Gasteiger partial charge on any atom is -0.329 e. The molecule has 0 amide bonds. The van der Waals surface area contributed by atoms with Gasteiger partial charge >= 0.3 is 10.4 Å². The zero-order valence-electron chi connectivity index (χ0n) is 5.06. The highest BCUT2D eigenvalue weighted by Gasteiger charge is 1.84. The second-order valence-electron chi connectivity index (χ2n) is 1.14. The summed E-state index contributed by atoms with van der Waals surface area (Å²) in [5.74, 6) is 0. The zero-order valence-corrected chi connectivity index (χ0v) is 5.87. The van der Waals surface area contributed by atoms with Crippen molar-refractivity contribution in [3.63, 3.8) is 0 Å². The smallest absolute Gasteiger partial charge is 0.329 e. The molecule has 0 aromatic heterocycles. The lowest BCUT2D eigenvalue weighted by molar-refractivity contribution is 0.381. The lowest BCUT2D eigenvalue weighted by Gasteiger charge is -1.68. The van der Waals surface area contributed by atoms with Crippen LogP contribution in [0.2, 0.25) is 0 Å².